The van der Waals surface area contributed by atoms with Gasteiger partial charge in [-0.2, -0.15) is 0 Å². The molecule has 1 aliphatic rings. The molecule has 0 aromatic carbocycles. The van der Waals surface area contributed by atoms with Crippen LogP contribution in [0, 0.1) is 5.92 Å². The fraction of sp³-hybridized carbons (Fsp3) is 0.350. The average Bonchev–Trinajstić information content (AvgIpc) is 3.03. The van der Waals surface area contributed by atoms with E-state index in [-0.39, 0.29) is 0 Å². The lowest BCUT2D eigenvalue weighted by Crippen LogP contribution is -2.21. The summed E-state index contributed by atoms with van der Waals surface area (Å²) < 4.78 is 0. The van der Waals surface area contributed by atoms with Gasteiger partial charge in [0.1, 0.15) is 17.5 Å². The number of nitrogens with zero attached hydrogens (tertiary/aromatic N) is 3. The van der Waals surface area contributed by atoms with Crippen LogP contribution in [-0.2, 0) is 6.42 Å². The van der Waals surface area contributed by atoms with E-state index in [4.69, 9.17) is 0 Å². The Hall–Kier alpha value is -2.89. The third kappa shape index (κ3) is 5.05. The van der Waals surface area contributed by atoms with E-state index in [9.17, 15) is 0 Å². The summed E-state index contributed by atoms with van der Waals surface area (Å²) in [7, 11) is 1.83. The zero-order valence-corrected chi connectivity index (χ0v) is 15.4. The minimum Gasteiger partial charge on any atom is -0.370 e. The summed E-state index contributed by atoms with van der Waals surface area (Å²) in [5.74, 6) is 3.23. The van der Waals surface area contributed by atoms with Crippen molar-refractivity contribution in [2.75, 3.05) is 30.8 Å². The molecule has 1 aliphatic heterocycles. The first-order valence-corrected chi connectivity index (χ1v) is 9.03. The van der Waals surface area contributed by atoms with Crippen molar-refractivity contribution in [3.8, 4) is 0 Å². The van der Waals surface area contributed by atoms with Gasteiger partial charge in [-0.3, -0.25) is 4.99 Å². The van der Waals surface area contributed by atoms with Crippen molar-refractivity contribution in [3.63, 3.8) is 0 Å². The summed E-state index contributed by atoms with van der Waals surface area (Å²) in [4.78, 5) is 13.2. The second-order valence-corrected chi connectivity index (χ2v) is 6.30. The topological polar surface area (TPSA) is 74.2 Å². The molecule has 2 aromatic rings. The van der Waals surface area contributed by atoms with Gasteiger partial charge in [0.15, 0.2) is 0 Å². The molecule has 0 aliphatic carbocycles. The molecule has 0 bridgehead atoms. The maximum atomic E-state index is 4.68. The Labute approximate surface area is 154 Å². The largest absolute Gasteiger partial charge is 0.370 e. The molecule has 26 heavy (non-hydrogen) atoms. The zero-order valence-electron chi connectivity index (χ0n) is 15.4. The van der Waals surface area contributed by atoms with Crippen molar-refractivity contribution in [3.05, 3.63) is 60.1 Å². The summed E-state index contributed by atoms with van der Waals surface area (Å²) in [6.07, 6.45) is 5.80. The summed E-state index contributed by atoms with van der Waals surface area (Å²) in [6, 6.07) is 12.0. The highest BCUT2D eigenvalue weighted by Gasteiger charge is 2.16. The van der Waals surface area contributed by atoms with Crippen molar-refractivity contribution in [1.82, 2.24) is 15.3 Å². The molecule has 6 heteroatoms. The van der Waals surface area contributed by atoms with E-state index in [2.05, 4.69) is 50.0 Å². The van der Waals surface area contributed by atoms with Crippen LogP contribution >= 0.6 is 0 Å². The van der Waals surface area contributed by atoms with Crippen molar-refractivity contribution in [1.29, 1.82) is 0 Å². The highest BCUT2D eigenvalue weighted by Crippen LogP contribution is 2.15. The quantitative estimate of drug-likeness (QED) is 0.682. The molecule has 0 spiro atoms. The third-order valence-electron chi connectivity index (χ3n) is 4.27. The van der Waals surface area contributed by atoms with Gasteiger partial charge in [-0.25, -0.2) is 9.97 Å². The molecule has 3 heterocycles. The smallest absolute Gasteiger partial charge is 0.126 e. The van der Waals surface area contributed by atoms with E-state index < -0.39 is 0 Å². The second-order valence-electron chi connectivity index (χ2n) is 6.30. The highest BCUT2D eigenvalue weighted by atomic mass is 15.0. The lowest BCUT2D eigenvalue weighted by molar-refractivity contribution is 0.916. The number of pyridine rings is 2. The molecule has 2 aromatic heterocycles. The van der Waals surface area contributed by atoms with Crippen molar-refractivity contribution >= 4 is 17.5 Å². The lowest BCUT2D eigenvalue weighted by Gasteiger charge is -2.09. The van der Waals surface area contributed by atoms with Gasteiger partial charge >= 0.3 is 0 Å². The van der Waals surface area contributed by atoms with Gasteiger partial charge in [0.25, 0.3) is 0 Å². The van der Waals surface area contributed by atoms with E-state index in [1.54, 1.807) is 6.20 Å². The minimum atomic E-state index is 0.378. The van der Waals surface area contributed by atoms with Gasteiger partial charge in [0.05, 0.1) is 0 Å². The van der Waals surface area contributed by atoms with E-state index in [1.165, 1.54) is 5.70 Å². The van der Waals surface area contributed by atoms with Crippen LogP contribution < -0.4 is 16.0 Å². The SMILES string of the molecule is CN=C1NC(CCNc2cccc(CCNc3ccccn3)n2)=CC1C. The molecular formula is C20H26N6. The number of nitrogens with one attached hydrogen (secondary N) is 3. The number of anilines is 2. The number of aliphatic imine (C=N–C) groups is 1. The summed E-state index contributed by atoms with van der Waals surface area (Å²) in [5, 5.41) is 10.1. The second kappa shape index (κ2) is 8.99. The van der Waals surface area contributed by atoms with Crippen LogP contribution in [-0.4, -0.2) is 35.9 Å². The normalized spacial score (nSPS) is 17.7. The molecule has 1 atom stereocenters. The van der Waals surface area contributed by atoms with Crippen LogP contribution in [0.25, 0.3) is 0 Å². The molecule has 0 saturated carbocycles. The van der Waals surface area contributed by atoms with Crippen LogP contribution in [0.15, 0.2) is 59.4 Å². The molecule has 0 amide bonds. The Kier molecular flexibility index (Phi) is 6.19. The Morgan fingerprint density at radius 2 is 1.85 bits per heavy atom. The minimum absolute atomic E-state index is 0.378. The molecule has 0 fully saturated rings. The monoisotopic (exact) mass is 350 g/mol. The molecule has 3 rings (SSSR count). The zero-order chi connectivity index (χ0) is 18.2. The molecule has 1 unspecified atom stereocenters. The summed E-state index contributed by atoms with van der Waals surface area (Å²) in [5.41, 5.74) is 2.28. The number of hydrogen-bond acceptors (Lipinski definition) is 5. The molecule has 136 valence electrons. The number of rotatable bonds is 8. The van der Waals surface area contributed by atoms with E-state index >= 15 is 0 Å². The Morgan fingerprint density at radius 1 is 1.04 bits per heavy atom. The lowest BCUT2D eigenvalue weighted by atomic mass is 10.2. The molecule has 0 radical (unpaired) electrons. The number of amidine groups is 1. The Balaban J connectivity index is 1.43. The fourth-order valence-electron chi connectivity index (χ4n) is 2.93. The van der Waals surface area contributed by atoms with E-state index in [0.717, 1.165) is 49.1 Å². The van der Waals surface area contributed by atoms with Crippen LogP contribution in [0.3, 0.4) is 0 Å². The summed E-state index contributed by atoms with van der Waals surface area (Å²) in [6.45, 7) is 3.80. The van der Waals surface area contributed by atoms with E-state index in [0.29, 0.717) is 5.92 Å². The van der Waals surface area contributed by atoms with Gasteiger partial charge in [-0.05, 0) is 24.3 Å². The van der Waals surface area contributed by atoms with Gasteiger partial charge in [0.2, 0.25) is 0 Å². The number of aromatic nitrogens is 2. The Morgan fingerprint density at radius 3 is 2.62 bits per heavy atom. The summed E-state index contributed by atoms with van der Waals surface area (Å²) >= 11 is 0. The molecule has 6 nitrogen and oxygen atoms in total. The fourth-order valence-corrected chi connectivity index (χ4v) is 2.93. The van der Waals surface area contributed by atoms with Crippen LogP contribution in [0.1, 0.15) is 19.0 Å². The standard InChI is InChI=1S/C20H26N6/c1-15-14-17(26-20(15)21-2)10-13-24-19-8-5-6-16(25-19)9-12-23-18-7-3-4-11-22-18/h3-8,11,14-15H,9-10,12-13H2,1-2H3,(H,21,26)(H,22,23)(H,24,25). The predicted molar refractivity (Wildman–Crippen MR) is 108 cm³/mol. The Bertz CT molecular complexity index is 769. The first kappa shape index (κ1) is 17.9. The van der Waals surface area contributed by atoms with Crippen LogP contribution in [0.4, 0.5) is 11.6 Å². The van der Waals surface area contributed by atoms with Crippen LogP contribution in [0.5, 0.6) is 0 Å². The van der Waals surface area contributed by atoms with Gasteiger partial charge < -0.3 is 16.0 Å². The van der Waals surface area contributed by atoms with Crippen LogP contribution in [0.2, 0.25) is 0 Å². The molecule has 0 saturated heterocycles. The first-order chi connectivity index (χ1) is 12.7. The van der Waals surface area contributed by atoms with Gasteiger partial charge in [-0.15, -0.1) is 0 Å². The van der Waals surface area contributed by atoms with Gasteiger partial charge in [0, 0.05) is 56.5 Å². The van der Waals surface area contributed by atoms with Crippen molar-refractivity contribution in [2.45, 2.75) is 19.8 Å². The van der Waals surface area contributed by atoms with Crippen molar-refractivity contribution < 1.29 is 0 Å². The van der Waals surface area contributed by atoms with Crippen molar-refractivity contribution in [2.24, 2.45) is 10.9 Å². The maximum Gasteiger partial charge on any atom is 0.126 e. The predicted octanol–water partition coefficient (Wildman–Crippen LogP) is 3.08. The third-order valence-corrected chi connectivity index (χ3v) is 4.27. The first-order valence-electron chi connectivity index (χ1n) is 9.03. The van der Waals surface area contributed by atoms with Gasteiger partial charge in [-0.1, -0.05) is 25.1 Å². The molecular weight excluding hydrogens is 324 g/mol. The maximum absolute atomic E-state index is 4.68. The average molecular weight is 350 g/mol. The highest BCUT2D eigenvalue weighted by molar-refractivity contribution is 5.89. The molecule has 3 N–H and O–H groups in total. The van der Waals surface area contributed by atoms with E-state index in [1.807, 2.05) is 37.4 Å². The number of hydrogen-bond donors (Lipinski definition) is 3.